The lowest BCUT2D eigenvalue weighted by Gasteiger charge is -2.31. The number of benzene rings is 1. The number of hydrogen-bond donors (Lipinski definition) is 0. The van der Waals surface area contributed by atoms with E-state index in [0.29, 0.717) is 5.92 Å². The highest BCUT2D eigenvalue weighted by molar-refractivity contribution is 7.98. The van der Waals surface area contributed by atoms with E-state index in [9.17, 15) is 4.79 Å². The van der Waals surface area contributed by atoms with Gasteiger partial charge in [-0.3, -0.25) is 4.79 Å². The summed E-state index contributed by atoms with van der Waals surface area (Å²) in [7, 11) is 0. The number of amides is 1. The zero-order valence-corrected chi connectivity index (χ0v) is 11.3. The molecule has 1 aromatic carbocycles. The number of thioether (sulfide) groups is 1. The van der Waals surface area contributed by atoms with Crippen LogP contribution in [0.2, 0.25) is 0 Å². The minimum Gasteiger partial charge on any atom is -0.338 e. The van der Waals surface area contributed by atoms with Crippen molar-refractivity contribution < 1.29 is 4.79 Å². The molecule has 1 saturated heterocycles. The molecule has 1 amide bonds. The van der Waals surface area contributed by atoms with Gasteiger partial charge in [0.1, 0.15) is 0 Å². The van der Waals surface area contributed by atoms with E-state index in [1.165, 1.54) is 11.3 Å². The molecule has 0 aromatic heterocycles. The summed E-state index contributed by atoms with van der Waals surface area (Å²) in [5.74, 6) is 0.822. The van der Waals surface area contributed by atoms with Crippen molar-refractivity contribution in [2.45, 2.75) is 24.7 Å². The molecule has 0 aliphatic carbocycles. The molecule has 1 unspecified atom stereocenters. The molecule has 1 aliphatic heterocycles. The lowest BCUT2D eigenvalue weighted by Crippen LogP contribution is -2.39. The lowest BCUT2D eigenvalue weighted by atomic mass is 9.99. The van der Waals surface area contributed by atoms with Crippen LogP contribution < -0.4 is 0 Å². The Bertz CT molecular complexity index is 388. The molecule has 2 nitrogen and oxygen atoms in total. The first-order chi connectivity index (χ1) is 8.20. The van der Waals surface area contributed by atoms with E-state index in [-0.39, 0.29) is 5.91 Å². The predicted molar refractivity (Wildman–Crippen MR) is 72.5 cm³/mol. The summed E-state index contributed by atoms with van der Waals surface area (Å²) in [6, 6.07) is 7.91. The normalized spacial score (nSPS) is 20.4. The van der Waals surface area contributed by atoms with Crippen LogP contribution in [0.1, 0.15) is 30.1 Å². The number of carbonyl (C=O) groups is 1. The smallest absolute Gasteiger partial charge is 0.253 e. The monoisotopic (exact) mass is 249 g/mol. The molecule has 0 radical (unpaired) electrons. The van der Waals surface area contributed by atoms with Gasteiger partial charge in [-0.15, -0.1) is 11.8 Å². The molecule has 3 heteroatoms. The Balaban J connectivity index is 2.07. The van der Waals surface area contributed by atoms with Crippen LogP contribution in [0, 0.1) is 5.92 Å². The van der Waals surface area contributed by atoms with E-state index in [1.54, 1.807) is 11.8 Å². The summed E-state index contributed by atoms with van der Waals surface area (Å²) >= 11 is 1.70. The SMILES string of the molecule is CSc1ccc(C(=O)N2CCCC(C)C2)cc1. The lowest BCUT2D eigenvalue weighted by molar-refractivity contribution is 0.0683. The van der Waals surface area contributed by atoms with Gasteiger partial charge in [-0.05, 0) is 49.3 Å². The highest BCUT2D eigenvalue weighted by atomic mass is 32.2. The molecular weight excluding hydrogens is 230 g/mol. The van der Waals surface area contributed by atoms with E-state index in [4.69, 9.17) is 0 Å². The Morgan fingerprint density at radius 2 is 2.06 bits per heavy atom. The van der Waals surface area contributed by atoms with Crippen molar-refractivity contribution in [1.82, 2.24) is 4.90 Å². The van der Waals surface area contributed by atoms with Gasteiger partial charge < -0.3 is 4.90 Å². The zero-order chi connectivity index (χ0) is 12.3. The van der Waals surface area contributed by atoms with Crippen molar-refractivity contribution in [3.63, 3.8) is 0 Å². The average Bonchev–Trinajstić information content (AvgIpc) is 2.38. The van der Waals surface area contributed by atoms with Crippen molar-refractivity contribution in [3.05, 3.63) is 29.8 Å². The molecule has 0 saturated carbocycles. The van der Waals surface area contributed by atoms with Crippen LogP contribution in [0.15, 0.2) is 29.2 Å². The van der Waals surface area contributed by atoms with Gasteiger partial charge in [-0.2, -0.15) is 0 Å². The highest BCUT2D eigenvalue weighted by Gasteiger charge is 2.21. The van der Waals surface area contributed by atoms with Crippen molar-refractivity contribution in [2.24, 2.45) is 5.92 Å². The fourth-order valence-electron chi connectivity index (χ4n) is 2.29. The first kappa shape index (κ1) is 12.5. The third-order valence-corrected chi connectivity index (χ3v) is 4.02. The quantitative estimate of drug-likeness (QED) is 0.750. The van der Waals surface area contributed by atoms with Crippen LogP contribution in [-0.2, 0) is 0 Å². The fraction of sp³-hybridized carbons (Fsp3) is 0.500. The Hall–Kier alpha value is -0.960. The van der Waals surface area contributed by atoms with E-state index >= 15 is 0 Å². The van der Waals surface area contributed by atoms with Crippen molar-refractivity contribution in [1.29, 1.82) is 0 Å². The molecule has 2 rings (SSSR count). The van der Waals surface area contributed by atoms with Gasteiger partial charge in [0.15, 0.2) is 0 Å². The maximum Gasteiger partial charge on any atom is 0.253 e. The van der Waals surface area contributed by atoms with E-state index in [1.807, 2.05) is 35.4 Å². The number of nitrogens with zero attached hydrogens (tertiary/aromatic N) is 1. The number of rotatable bonds is 2. The van der Waals surface area contributed by atoms with Crippen LogP contribution in [-0.4, -0.2) is 30.2 Å². The third kappa shape index (κ3) is 3.03. The molecule has 1 fully saturated rings. The Kier molecular flexibility index (Phi) is 4.11. The van der Waals surface area contributed by atoms with Crippen molar-refractivity contribution in [2.75, 3.05) is 19.3 Å². The van der Waals surface area contributed by atoms with Gasteiger partial charge in [-0.1, -0.05) is 6.92 Å². The van der Waals surface area contributed by atoms with Gasteiger partial charge in [0.2, 0.25) is 0 Å². The molecule has 1 aromatic rings. The highest BCUT2D eigenvalue weighted by Crippen LogP contribution is 2.19. The molecule has 1 aliphatic rings. The summed E-state index contributed by atoms with van der Waals surface area (Å²) < 4.78 is 0. The summed E-state index contributed by atoms with van der Waals surface area (Å²) in [6.07, 6.45) is 4.42. The minimum absolute atomic E-state index is 0.184. The number of hydrogen-bond acceptors (Lipinski definition) is 2. The topological polar surface area (TPSA) is 20.3 Å². The van der Waals surface area contributed by atoms with Crippen LogP contribution in [0.25, 0.3) is 0 Å². The summed E-state index contributed by atoms with van der Waals surface area (Å²) in [5.41, 5.74) is 0.817. The average molecular weight is 249 g/mol. The molecule has 0 spiro atoms. The van der Waals surface area contributed by atoms with Gasteiger partial charge in [0.25, 0.3) is 5.91 Å². The van der Waals surface area contributed by atoms with E-state index < -0.39 is 0 Å². The molecule has 0 bridgehead atoms. The number of piperidine rings is 1. The van der Waals surface area contributed by atoms with Crippen LogP contribution >= 0.6 is 11.8 Å². The molecule has 92 valence electrons. The molecule has 0 N–H and O–H groups in total. The van der Waals surface area contributed by atoms with Gasteiger partial charge in [0, 0.05) is 23.5 Å². The third-order valence-electron chi connectivity index (χ3n) is 3.28. The van der Waals surface area contributed by atoms with Gasteiger partial charge >= 0.3 is 0 Å². The maximum atomic E-state index is 12.3. The molecule has 17 heavy (non-hydrogen) atoms. The summed E-state index contributed by atoms with van der Waals surface area (Å²) in [5, 5.41) is 0. The van der Waals surface area contributed by atoms with Crippen LogP contribution in [0.4, 0.5) is 0 Å². The first-order valence-corrected chi connectivity index (χ1v) is 7.36. The van der Waals surface area contributed by atoms with Crippen LogP contribution in [0.3, 0.4) is 0 Å². The van der Waals surface area contributed by atoms with Crippen molar-refractivity contribution in [3.8, 4) is 0 Å². The number of likely N-dealkylation sites (tertiary alicyclic amines) is 1. The second kappa shape index (κ2) is 5.58. The standard InChI is InChI=1S/C14H19NOS/c1-11-4-3-9-15(10-11)14(16)12-5-7-13(17-2)8-6-12/h5-8,11H,3-4,9-10H2,1-2H3. The van der Waals surface area contributed by atoms with Gasteiger partial charge in [0.05, 0.1) is 0 Å². The molecule has 1 heterocycles. The largest absolute Gasteiger partial charge is 0.338 e. The number of carbonyl (C=O) groups excluding carboxylic acids is 1. The van der Waals surface area contributed by atoms with Gasteiger partial charge in [-0.25, -0.2) is 0 Å². The zero-order valence-electron chi connectivity index (χ0n) is 10.5. The van der Waals surface area contributed by atoms with E-state index in [0.717, 1.165) is 25.1 Å². The Morgan fingerprint density at radius 1 is 1.35 bits per heavy atom. The van der Waals surface area contributed by atoms with Crippen LogP contribution in [0.5, 0.6) is 0 Å². The van der Waals surface area contributed by atoms with E-state index in [2.05, 4.69) is 6.92 Å². The summed E-state index contributed by atoms with van der Waals surface area (Å²) in [4.78, 5) is 15.5. The Morgan fingerprint density at radius 3 is 2.65 bits per heavy atom. The predicted octanol–water partition coefficient (Wildman–Crippen LogP) is 3.28. The molecule has 1 atom stereocenters. The molecular formula is C14H19NOS. The Labute approximate surface area is 107 Å². The first-order valence-electron chi connectivity index (χ1n) is 6.14. The second-order valence-electron chi connectivity index (χ2n) is 4.73. The van der Waals surface area contributed by atoms with Crippen molar-refractivity contribution >= 4 is 17.7 Å². The minimum atomic E-state index is 0.184. The fourth-order valence-corrected chi connectivity index (χ4v) is 2.70. The maximum absolute atomic E-state index is 12.3. The second-order valence-corrected chi connectivity index (χ2v) is 5.61. The summed E-state index contributed by atoms with van der Waals surface area (Å²) in [6.45, 7) is 4.03.